The van der Waals surface area contributed by atoms with E-state index < -0.39 is 5.97 Å². The number of nitrogens with one attached hydrogen (secondary N) is 1. The van der Waals surface area contributed by atoms with Gasteiger partial charge in [-0.05, 0) is 37.1 Å². The van der Waals surface area contributed by atoms with Crippen molar-refractivity contribution in [3.05, 3.63) is 24.3 Å². The lowest BCUT2D eigenvalue weighted by atomic mass is 10.1. The smallest absolute Gasteiger partial charge is 0.323 e. The summed E-state index contributed by atoms with van der Waals surface area (Å²) in [5.41, 5.74) is 0.689. The predicted octanol–water partition coefficient (Wildman–Crippen LogP) is 2.43. The first kappa shape index (κ1) is 18.1. The summed E-state index contributed by atoms with van der Waals surface area (Å²) < 4.78 is 5.11. The largest absolute Gasteiger partial charge is 0.497 e. The Hall–Kier alpha value is -2.24. The van der Waals surface area contributed by atoms with Crippen molar-refractivity contribution in [2.75, 3.05) is 25.1 Å². The summed E-state index contributed by atoms with van der Waals surface area (Å²) in [7, 11) is 1.57. The van der Waals surface area contributed by atoms with E-state index in [0.717, 1.165) is 25.7 Å². The highest BCUT2D eigenvalue weighted by Crippen LogP contribution is 2.20. The fourth-order valence-electron chi connectivity index (χ4n) is 3.07. The van der Waals surface area contributed by atoms with Crippen LogP contribution in [0.4, 0.5) is 5.69 Å². The van der Waals surface area contributed by atoms with Crippen molar-refractivity contribution < 1.29 is 19.4 Å². The average Bonchev–Trinajstić information content (AvgIpc) is 2.82. The van der Waals surface area contributed by atoms with Gasteiger partial charge in [0.1, 0.15) is 12.3 Å². The van der Waals surface area contributed by atoms with Crippen LogP contribution in [0, 0.1) is 0 Å². The predicted molar refractivity (Wildman–Crippen MR) is 92.5 cm³/mol. The second kappa shape index (κ2) is 9.15. The van der Waals surface area contributed by atoms with Crippen LogP contribution in [0.25, 0.3) is 0 Å². The number of hydrogen-bond acceptors (Lipinski definition) is 4. The molecule has 0 unspecified atom stereocenters. The van der Waals surface area contributed by atoms with Crippen LogP contribution in [0.3, 0.4) is 0 Å². The molecule has 0 saturated heterocycles. The van der Waals surface area contributed by atoms with E-state index in [-0.39, 0.29) is 25.0 Å². The summed E-state index contributed by atoms with van der Waals surface area (Å²) in [4.78, 5) is 25.0. The van der Waals surface area contributed by atoms with E-state index in [0.29, 0.717) is 11.4 Å². The number of rotatable bonds is 7. The zero-order valence-electron chi connectivity index (χ0n) is 14.2. The number of carboxylic acids is 1. The van der Waals surface area contributed by atoms with Crippen molar-refractivity contribution >= 4 is 17.6 Å². The number of aliphatic carboxylic acids is 1. The fraction of sp³-hybridized carbons (Fsp3) is 0.556. The van der Waals surface area contributed by atoms with E-state index in [1.54, 1.807) is 36.3 Å². The van der Waals surface area contributed by atoms with Gasteiger partial charge in [0.25, 0.3) is 0 Å². The Labute approximate surface area is 142 Å². The third kappa shape index (κ3) is 5.76. The van der Waals surface area contributed by atoms with Gasteiger partial charge in [-0.2, -0.15) is 0 Å². The Morgan fingerprint density at radius 2 is 1.75 bits per heavy atom. The van der Waals surface area contributed by atoms with E-state index in [1.807, 2.05) is 0 Å². The number of hydrogen-bond donors (Lipinski definition) is 2. The molecule has 0 spiro atoms. The summed E-state index contributed by atoms with van der Waals surface area (Å²) in [6.45, 7) is -0.181. The molecule has 1 aromatic rings. The maximum Gasteiger partial charge on any atom is 0.323 e. The van der Waals surface area contributed by atoms with Gasteiger partial charge in [0.2, 0.25) is 5.91 Å². The Bertz CT molecular complexity index is 536. The first-order chi connectivity index (χ1) is 11.6. The van der Waals surface area contributed by atoms with E-state index >= 15 is 0 Å². The molecule has 1 saturated carbocycles. The molecule has 24 heavy (non-hydrogen) atoms. The van der Waals surface area contributed by atoms with Gasteiger partial charge in [-0.25, -0.2) is 0 Å². The molecule has 0 aliphatic heterocycles. The van der Waals surface area contributed by atoms with Crippen LogP contribution in [0.5, 0.6) is 5.75 Å². The molecule has 1 amide bonds. The lowest BCUT2D eigenvalue weighted by molar-refractivity contribution is -0.135. The summed E-state index contributed by atoms with van der Waals surface area (Å²) in [5, 5.41) is 12.2. The number of carbonyl (C=O) groups excluding carboxylic acids is 1. The van der Waals surface area contributed by atoms with Crippen molar-refractivity contribution in [1.29, 1.82) is 0 Å². The lowest BCUT2D eigenvalue weighted by Crippen LogP contribution is -2.43. The van der Waals surface area contributed by atoms with E-state index in [9.17, 15) is 9.59 Å². The zero-order valence-corrected chi connectivity index (χ0v) is 14.2. The number of carboxylic acid groups (broad SMARTS) is 1. The number of methoxy groups -OCH3 is 1. The molecule has 2 N–H and O–H groups in total. The monoisotopic (exact) mass is 334 g/mol. The Morgan fingerprint density at radius 3 is 2.29 bits per heavy atom. The van der Waals surface area contributed by atoms with E-state index in [2.05, 4.69) is 5.32 Å². The first-order valence-corrected chi connectivity index (χ1v) is 8.48. The van der Waals surface area contributed by atoms with Crippen molar-refractivity contribution in [2.24, 2.45) is 0 Å². The van der Waals surface area contributed by atoms with Gasteiger partial charge in [-0.1, -0.05) is 25.7 Å². The third-order valence-electron chi connectivity index (χ3n) is 4.32. The number of nitrogens with zero attached hydrogens (tertiary/aromatic N) is 1. The molecule has 0 atom stereocenters. The number of amides is 1. The second-order valence-electron chi connectivity index (χ2n) is 6.20. The van der Waals surface area contributed by atoms with Gasteiger partial charge >= 0.3 is 5.97 Å². The average molecular weight is 334 g/mol. The molecular weight excluding hydrogens is 308 g/mol. The quantitative estimate of drug-likeness (QED) is 0.749. The molecule has 1 aliphatic rings. The van der Waals surface area contributed by atoms with Crippen molar-refractivity contribution in [2.45, 2.75) is 44.6 Å². The van der Waals surface area contributed by atoms with Crippen molar-refractivity contribution in [3.63, 3.8) is 0 Å². The number of anilines is 1. The summed E-state index contributed by atoms with van der Waals surface area (Å²) >= 11 is 0. The highest BCUT2D eigenvalue weighted by Gasteiger charge is 2.18. The van der Waals surface area contributed by atoms with Gasteiger partial charge in [0, 0.05) is 11.7 Å². The van der Waals surface area contributed by atoms with E-state index in [4.69, 9.17) is 9.84 Å². The number of benzene rings is 1. The molecule has 6 nitrogen and oxygen atoms in total. The lowest BCUT2D eigenvalue weighted by Gasteiger charge is -2.24. The van der Waals surface area contributed by atoms with Gasteiger partial charge < -0.3 is 20.1 Å². The van der Waals surface area contributed by atoms with Crippen LogP contribution in [-0.2, 0) is 9.59 Å². The Balaban J connectivity index is 1.98. The zero-order chi connectivity index (χ0) is 17.4. The normalized spacial score (nSPS) is 15.4. The minimum atomic E-state index is -0.965. The molecule has 0 radical (unpaired) electrons. The van der Waals surface area contributed by atoms with Gasteiger partial charge in [0.15, 0.2) is 0 Å². The van der Waals surface area contributed by atoms with Crippen LogP contribution >= 0.6 is 0 Å². The third-order valence-corrected chi connectivity index (χ3v) is 4.32. The van der Waals surface area contributed by atoms with Gasteiger partial charge in [0.05, 0.1) is 13.7 Å². The van der Waals surface area contributed by atoms with Crippen LogP contribution < -0.4 is 15.0 Å². The number of ether oxygens (including phenoxy) is 1. The second-order valence-corrected chi connectivity index (χ2v) is 6.20. The van der Waals surface area contributed by atoms with Crippen molar-refractivity contribution in [1.82, 2.24) is 5.32 Å². The highest BCUT2D eigenvalue weighted by molar-refractivity contribution is 5.84. The standard InChI is InChI=1S/C18H26N2O4/c1-24-16-10-8-15(9-11-16)20(13-18(22)23)12-17(21)19-14-6-4-2-3-5-7-14/h8-11,14H,2-7,12-13H2,1H3,(H,19,21)(H,22,23). The maximum absolute atomic E-state index is 12.3. The number of carbonyl (C=O) groups is 2. The summed E-state index contributed by atoms with van der Waals surface area (Å²) in [6, 6.07) is 7.25. The molecule has 6 heteroatoms. The van der Waals surface area contributed by atoms with Crippen LogP contribution in [0.2, 0.25) is 0 Å². The minimum Gasteiger partial charge on any atom is -0.497 e. The molecule has 0 bridgehead atoms. The van der Waals surface area contributed by atoms with Crippen LogP contribution in [0.15, 0.2) is 24.3 Å². The first-order valence-electron chi connectivity index (χ1n) is 8.48. The molecular formula is C18H26N2O4. The Morgan fingerprint density at radius 1 is 1.12 bits per heavy atom. The SMILES string of the molecule is COc1ccc(N(CC(=O)O)CC(=O)NC2CCCCCC2)cc1. The molecule has 132 valence electrons. The summed E-state index contributed by atoms with van der Waals surface area (Å²) in [5.74, 6) is -0.399. The molecule has 0 aromatic heterocycles. The topological polar surface area (TPSA) is 78.9 Å². The molecule has 0 heterocycles. The van der Waals surface area contributed by atoms with Gasteiger partial charge in [-0.15, -0.1) is 0 Å². The van der Waals surface area contributed by atoms with Gasteiger partial charge in [-0.3, -0.25) is 9.59 Å². The fourth-order valence-corrected chi connectivity index (χ4v) is 3.07. The maximum atomic E-state index is 12.3. The molecule has 1 aromatic carbocycles. The molecule has 2 rings (SSSR count). The highest BCUT2D eigenvalue weighted by atomic mass is 16.5. The Kier molecular flexibility index (Phi) is 6.90. The minimum absolute atomic E-state index is 0.0368. The van der Waals surface area contributed by atoms with Crippen LogP contribution in [0.1, 0.15) is 38.5 Å². The molecule has 1 fully saturated rings. The summed E-state index contributed by atoms with van der Waals surface area (Å²) in [6.07, 6.45) is 6.75. The van der Waals surface area contributed by atoms with E-state index in [1.165, 1.54) is 12.8 Å². The van der Waals surface area contributed by atoms with Crippen LogP contribution in [-0.4, -0.2) is 43.2 Å². The van der Waals surface area contributed by atoms with Crippen molar-refractivity contribution in [3.8, 4) is 5.75 Å². The molecule has 1 aliphatic carbocycles.